The van der Waals surface area contributed by atoms with E-state index in [1.165, 1.54) is 0 Å². The summed E-state index contributed by atoms with van der Waals surface area (Å²) in [6.07, 6.45) is 0. The first-order valence-corrected chi connectivity index (χ1v) is 6.41. The summed E-state index contributed by atoms with van der Waals surface area (Å²) >= 11 is 0. The van der Waals surface area contributed by atoms with Crippen molar-refractivity contribution in [1.29, 1.82) is 0 Å². The maximum atomic E-state index is 11.9. The van der Waals surface area contributed by atoms with Crippen molar-refractivity contribution in [2.24, 2.45) is 0 Å². The number of hydrogen-bond donors (Lipinski definition) is 0. The van der Waals surface area contributed by atoms with Gasteiger partial charge < -0.3 is 14.0 Å². The molecule has 0 spiro atoms. The second-order valence-corrected chi connectivity index (χ2v) is 5.21. The van der Waals surface area contributed by atoms with Gasteiger partial charge in [-0.1, -0.05) is 5.16 Å². The highest BCUT2D eigenvalue weighted by molar-refractivity contribution is 5.80. The lowest BCUT2D eigenvalue weighted by molar-refractivity contribution is -0.149. The van der Waals surface area contributed by atoms with Crippen LogP contribution in [-0.4, -0.2) is 29.3 Å². The molecule has 6 heteroatoms. The molecule has 0 aromatic carbocycles. The molecule has 0 aliphatic carbocycles. The summed E-state index contributed by atoms with van der Waals surface area (Å²) in [7, 11) is 0. The Labute approximate surface area is 113 Å². The fraction of sp³-hybridized carbons (Fsp3) is 0.769. The molecular formula is C13H22N2O4. The lowest BCUT2D eigenvalue weighted by Gasteiger charge is -2.20. The van der Waals surface area contributed by atoms with E-state index in [2.05, 4.69) is 10.1 Å². The van der Waals surface area contributed by atoms with E-state index in [4.69, 9.17) is 14.0 Å². The third-order valence-corrected chi connectivity index (χ3v) is 2.79. The highest BCUT2D eigenvalue weighted by atomic mass is 16.5. The van der Waals surface area contributed by atoms with Crippen LogP contribution in [0.5, 0.6) is 0 Å². The van der Waals surface area contributed by atoms with Gasteiger partial charge in [-0.15, -0.1) is 0 Å². The van der Waals surface area contributed by atoms with Crippen LogP contribution >= 0.6 is 0 Å². The first-order chi connectivity index (χ1) is 8.75. The van der Waals surface area contributed by atoms with Crippen molar-refractivity contribution in [3.05, 3.63) is 11.7 Å². The van der Waals surface area contributed by atoms with Crippen LogP contribution in [0, 0.1) is 0 Å². The molecule has 0 amide bonds. The normalized spacial score (nSPS) is 12.5. The van der Waals surface area contributed by atoms with Gasteiger partial charge in [0.2, 0.25) is 11.7 Å². The van der Waals surface area contributed by atoms with Gasteiger partial charge in [-0.25, -0.2) is 0 Å². The van der Waals surface area contributed by atoms with Crippen molar-refractivity contribution in [1.82, 2.24) is 10.1 Å². The average Bonchev–Trinajstić information content (AvgIpc) is 2.79. The van der Waals surface area contributed by atoms with E-state index in [-0.39, 0.29) is 11.9 Å². The minimum absolute atomic E-state index is 0.230. The quantitative estimate of drug-likeness (QED) is 0.737. The fourth-order valence-corrected chi connectivity index (χ4v) is 1.55. The summed E-state index contributed by atoms with van der Waals surface area (Å²) in [6.45, 7) is 11.6. The van der Waals surface area contributed by atoms with Crippen LogP contribution in [0.1, 0.15) is 53.3 Å². The number of esters is 1. The van der Waals surface area contributed by atoms with Crippen LogP contribution < -0.4 is 0 Å². The number of aromatic nitrogens is 2. The Morgan fingerprint density at radius 3 is 2.37 bits per heavy atom. The molecule has 0 saturated heterocycles. The molecule has 0 aliphatic heterocycles. The van der Waals surface area contributed by atoms with Crippen LogP contribution in [0.3, 0.4) is 0 Å². The van der Waals surface area contributed by atoms with E-state index >= 15 is 0 Å². The minimum atomic E-state index is -0.969. The third-order valence-electron chi connectivity index (χ3n) is 2.79. The van der Waals surface area contributed by atoms with E-state index in [9.17, 15) is 4.79 Å². The van der Waals surface area contributed by atoms with Crippen molar-refractivity contribution >= 4 is 5.97 Å². The van der Waals surface area contributed by atoms with Crippen molar-refractivity contribution in [3.8, 4) is 0 Å². The van der Waals surface area contributed by atoms with E-state index in [0.29, 0.717) is 19.0 Å². The van der Waals surface area contributed by atoms with Crippen LogP contribution in [0.4, 0.5) is 0 Å². The van der Waals surface area contributed by atoms with E-state index < -0.39 is 11.0 Å². The Bertz CT molecular complexity index is 438. The monoisotopic (exact) mass is 270 g/mol. The number of nitrogens with zero attached hydrogens (tertiary/aromatic N) is 2. The molecule has 0 aliphatic rings. The smallest absolute Gasteiger partial charge is 0.321 e. The largest absolute Gasteiger partial charge is 0.465 e. The SMILES string of the molecule is CCOC(=O)C(C)(C)c1nc(C(C)(C)OCC)no1. The first-order valence-electron chi connectivity index (χ1n) is 6.41. The van der Waals surface area contributed by atoms with Gasteiger partial charge in [0.05, 0.1) is 6.61 Å². The standard InChI is InChI=1S/C13H22N2O4/c1-7-17-11(16)12(3,4)10-14-9(15-19-10)13(5,6)18-8-2/h7-8H2,1-6H3. The molecule has 1 heterocycles. The Morgan fingerprint density at radius 1 is 1.21 bits per heavy atom. The predicted octanol–water partition coefficient (Wildman–Crippen LogP) is 2.18. The van der Waals surface area contributed by atoms with E-state index in [1.54, 1.807) is 20.8 Å². The number of hydrogen-bond acceptors (Lipinski definition) is 6. The average molecular weight is 270 g/mol. The molecule has 6 nitrogen and oxygen atoms in total. The van der Waals surface area contributed by atoms with Crippen LogP contribution in [0.2, 0.25) is 0 Å². The second kappa shape index (κ2) is 5.69. The third kappa shape index (κ3) is 3.32. The molecule has 1 aromatic heterocycles. The molecular weight excluding hydrogens is 248 g/mol. The molecule has 0 saturated carbocycles. The topological polar surface area (TPSA) is 74.5 Å². The molecule has 19 heavy (non-hydrogen) atoms. The minimum Gasteiger partial charge on any atom is -0.465 e. The highest BCUT2D eigenvalue weighted by Crippen LogP contribution is 2.27. The van der Waals surface area contributed by atoms with Crippen LogP contribution in [0.25, 0.3) is 0 Å². The molecule has 0 N–H and O–H groups in total. The van der Waals surface area contributed by atoms with Crippen molar-refractivity contribution in [2.45, 2.75) is 52.6 Å². The van der Waals surface area contributed by atoms with Crippen LogP contribution in [-0.2, 0) is 25.3 Å². The molecule has 1 rings (SSSR count). The molecule has 0 bridgehead atoms. The molecule has 1 aromatic rings. The molecule has 0 fully saturated rings. The zero-order valence-electron chi connectivity index (χ0n) is 12.4. The van der Waals surface area contributed by atoms with Gasteiger partial charge in [0.1, 0.15) is 11.0 Å². The molecule has 0 atom stereocenters. The van der Waals surface area contributed by atoms with Gasteiger partial charge in [-0.05, 0) is 41.5 Å². The van der Waals surface area contributed by atoms with Gasteiger partial charge in [0.15, 0.2) is 0 Å². The maximum Gasteiger partial charge on any atom is 0.321 e. The van der Waals surface area contributed by atoms with Gasteiger partial charge in [-0.3, -0.25) is 4.79 Å². The summed E-state index contributed by atoms with van der Waals surface area (Å²) in [6, 6.07) is 0. The fourth-order valence-electron chi connectivity index (χ4n) is 1.55. The maximum absolute atomic E-state index is 11.9. The predicted molar refractivity (Wildman–Crippen MR) is 68.6 cm³/mol. The van der Waals surface area contributed by atoms with Crippen molar-refractivity contribution in [3.63, 3.8) is 0 Å². The number of rotatable bonds is 6. The zero-order chi connectivity index (χ0) is 14.7. The zero-order valence-corrected chi connectivity index (χ0v) is 12.4. The highest BCUT2D eigenvalue weighted by Gasteiger charge is 2.39. The molecule has 0 unspecified atom stereocenters. The molecule has 0 radical (unpaired) electrons. The summed E-state index contributed by atoms with van der Waals surface area (Å²) in [5, 5.41) is 3.90. The lowest BCUT2D eigenvalue weighted by Crippen LogP contribution is -2.32. The second-order valence-electron chi connectivity index (χ2n) is 5.21. The Kier molecular flexibility index (Phi) is 4.68. The van der Waals surface area contributed by atoms with E-state index in [0.717, 1.165) is 0 Å². The van der Waals surface area contributed by atoms with Crippen molar-refractivity contribution in [2.75, 3.05) is 13.2 Å². The number of ether oxygens (including phenoxy) is 2. The van der Waals surface area contributed by atoms with Gasteiger partial charge in [0.25, 0.3) is 0 Å². The summed E-state index contributed by atoms with van der Waals surface area (Å²) < 4.78 is 15.7. The van der Waals surface area contributed by atoms with Crippen molar-refractivity contribution < 1.29 is 18.8 Å². The molecule has 108 valence electrons. The summed E-state index contributed by atoms with van der Waals surface area (Å²) in [4.78, 5) is 16.1. The van der Waals surface area contributed by atoms with E-state index in [1.807, 2.05) is 20.8 Å². The Hall–Kier alpha value is -1.43. The van der Waals surface area contributed by atoms with Crippen LogP contribution in [0.15, 0.2) is 4.52 Å². The van der Waals surface area contributed by atoms with Gasteiger partial charge in [0, 0.05) is 6.61 Å². The summed E-state index contributed by atoms with van der Waals surface area (Å²) in [5.74, 6) is 0.259. The van der Waals surface area contributed by atoms with Gasteiger partial charge in [-0.2, -0.15) is 4.98 Å². The number of carbonyl (C=O) groups excluding carboxylic acids is 1. The number of carbonyl (C=O) groups is 1. The Balaban J connectivity index is 2.99. The lowest BCUT2D eigenvalue weighted by atomic mass is 9.93. The first kappa shape index (κ1) is 15.6. The van der Waals surface area contributed by atoms with Gasteiger partial charge >= 0.3 is 5.97 Å². The summed E-state index contributed by atoms with van der Waals surface area (Å²) in [5.41, 5.74) is -1.62. The Morgan fingerprint density at radius 2 is 1.84 bits per heavy atom.